The Morgan fingerprint density at radius 3 is 2.70 bits per heavy atom. The van der Waals surface area contributed by atoms with Crippen LogP contribution in [-0.4, -0.2) is 13.6 Å². The SMILES string of the molecule is CNCC1=C(c2ccc3cc(F)ccc3c2)[C@@H]2CC[C@H](C1)C2.Cl. The second kappa shape index (κ2) is 6.62. The molecule has 1 nitrogen and oxygen atoms in total. The Kier molecular flexibility index (Phi) is 4.74. The zero-order valence-electron chi connectivity index (χ0n) is 13.4. The van der Waals surface area contributed by atoms with Crippen LogP contribution in [0.5, 0.6) is 0 Å². The second-order valence-corrected chi connectivity index (χ2v) is 6.83. The van der Waals surface area contributed by atoms with E-state index in [-0.39, 0.29) is 18.2 Å². The molecular weight excluding hydrogens is 309 g/mol. The van der Waals surface area contributed by atoms with Crippen molar-refractivity contribution in [3.8, 4) is 0 Å². The van der Waals surface area contributed by atoms with Crippen molar-refractivity contribution >= 4 is 28.8 Å². The van der Waals surface area contributed by atoms with Crippen LogP contribution < -0.4 is 5.32 Å². The summed E-state index contributed by atoms with van der Waals surface area (Å²) < 4.78 is 13.4. The van der Waals surface area contributed by atoms with Gasteiger partial charge in [-0.15, -0.1) is 12.4 Å². The molecule has 2 atom stereocenters. The summed E-state index contributed by atoms with van der Waals surface area (Å²) in [6.07, 6.45) is 5.30. The molecular formula is C20H23ClFN. The third kappa shape index (κ3) is 3.02. The van der Waals surface area contributed by atoms with Gasteiger partial charge in [0.1, 0.15) is 5.82 Å². The molecule has 2 aliphatic rings. The number of fused-ring (bicyclic) bond motifs is 3. The molecule has 2 aromatic carbocycles. The fraction of sp³-hybridized carbons (Fsp3) is 0.400. The van der Waals surface area contributed by atoms with Gasteiger partial charge in [0.15, 0.2) is 0 Å². The number of hydrogen-bond acceptors (Lipinski definition) is 1. The maximum atomic E-state index is 13.4. The van der Waals surface area contributed by atoms with Crippen molar-refractivity contribution in [2.45, 2.75) is 25.7 Å². The standard InChI is InChI=1S/C20H22FN.ClH/c1-22-12-18-9-13-2-3-16(8-13)20(18)17-5-4-15-11-19(21)7-6-14(15)10-17;/h4-7,10-11,13,16,22H,2-3,8-9,12H2,1H3;1H/t13-,16+;/m0./s1. The molecule has 0 aliphatic heterocycles. The van der Waals surface area contributed by atoms with E-state index in [0.29, 0.717) is 0 Å². The zero-order valence-corrected chi connectivity index (χ0v) is 14.3. The molecule has 0 radical (unpaired) electrons. The molecule has 1 saturated carbocycles. The topological polar surface area (TPSA) is 12.0 Å². The molecule has 2 aromatic rings. The Bertz CT molecular complexity index is 752. The van der Waals surface area contributed by atoms with Crippen molar-refractivity contribution < 1.29 is 4.39 Å². The molecule has 0 aromatic heterocycles. The number of rotatable bonds is 3. The Labute approximate surface area is 143 Å². The van der Waals surface area contributed by atoms with Crippen LogP contribution in [0.25, 0.3) is 16.3 Å². The number of allylic oxidation sites excluding steroid dienone is 1. The summed E-state index contributed by atoms with van der Waals surface area (Å²) in [6, 6.07) is 11.6. The van der Waals surface area contributed by atoms with Gasteiger partial charge in [-0.25, -0.2) is 4.39 Å². The van der Waals surface area contributed by atoms with Gasteiger partial charge in [-0.2, -0.15) is 0 Å². The highest BCUT2D eigenvalue weighted by Crippen LogP contribution is 2.49. The molecule has 0 spiro atoms. The molecule has 2 aliphatic carbocycles. The number of hydrogen-bond donors (Lipinski definition) is 1. The first-order valence-corrected chi connectivity index (χ1v) is 8.31. The third-order valence-corrected chi connectivity index (χ3v) is 5.37. The third-order valence-electron chi connectivity index (χ3n) is 5.37. The predicted octanol–water partition coefficient (Wildman–Crippen LogP) is 5.19. The highest BCUT2D eigenvalue weighted by atomic mass is 35.5. The van der Waals surface area contributed by atoms with Crippen molar-refractivity contribution in [1.82, 2.24) is 5.32 Å². The van der Waals surface area contributed by atoms with Crippen molar-refractivity contribution in [1.29, 1.82) is 0 Å². The van der Waals surface area contributed by atoms with E-state index in [1.165, 1.54) is 31.2 Å². The van der Waals surface area contributed by atoms with Crippen LogP contribution in [-0.2, 0) is 0 Å². The fourth-order valence-corrected chi connectivity index (χ4v) is 4.47. The van der Waals surface area contributed by atoms with Gasteiger partial charge in [-0.1, -0.05) is 23.8 Å². The summed E-state index contributed by atoms with van der Waals surface area (Å²) >= 11 is 0. The minimum absolute atomic E-state index is 0. The lowest BCUT2D eigenvalue weighted by Gasteiger charge is -2.27. The molecule has 23 heavy (non-hydrogen) atoms. The van der Waals surface area contributed by atoms with E-state index in [0.717, 1.165) is 29.2 Å². The van der Waals surface area contributed by atoms with Crippen LogP contribution in [0.15, 0.2) is 42.0 Å². The highest BCUT2D eigenvalue weighted by Gasteiger charge is 2.34. The van der Waals surface area contributed by atoms with E-state index in [2.05, 4.69) is 23.5 Å². The van der Waals surface area contributed by atoms with Crippen molar-refractivity contribution in [2.75, 3.05) is 13.6 Å². The van der Waals surface area contributed by atoms with Crippen LogP contribution in [0.2, 0.25) is 0 Å². The van der Waals surface area contributed by atoms with Crippen LogP contribution in [0, 0.1) is 17.7 Å². The van der Waals surface area contributed by atoms with Crippen LogP contribution in [0.1, 0.15) is 31.2 Å². The molecule has 122 valence electrons. The van der Waals surface area contributed by atoms with Gasteiger partial charge >= 0.3 is 0 Å². The largest absolute Gasteiger partial charge is 0.316 e. The molecule has 2 bridgehead atoms. The Morgan fingerprint density at radius 2 is 1.87 bits per heavy atom. The molecule has 0 saturated heterocycles. The lowest BCUT2D eigenvalue weighted by Crippen LogP contribution is -2.19. The quantitative estimate of drug-likeness (QED) is 0.815. The van der Waals surface area contributed by atoms with Gasteiger partial charge in [0, 0.05) is 6.54 Å². The molecule has 1 N–H and O–H groups in total. The number of likely N-dealkylation sites (N-methyl/N-ethyl adjacent to an activating group) is 1. The van der Waals surface area contributed by atoms with Gasteiger partial charge in [0.05, 0.1) is 0 Å². The summed E-state index contributed by atoms with van der Waals surface area (Å²) in [7, 11) is 2.03. The normalized spacial score (nSPS) is 23.2. The van der Waals surface area contributed by atoms with Crippen LogP contribution >= 0.6 is 12.4 Å². The van der Waals surface area contributed by atoms with Crippen LogP contribution in [0.4, 0.5) is 4.39 Å². The summed E-state index contributed by atoms with van der Waals surface area (Å²) in [5.74, 6) is 1.46. The smallest absolute Gasteiger partial charge is 0.123 e. The minimum atomic E-state index is -0.161. The molecule has 0 unspecified atom stereocenters. The van der Waals surface area contributed by atoms with Gasteiger partial charge in [-0.05, 0) is 84.7 Å². The molecule has 0 heterocycles. The van der Waals surface area contributed by atoms with E-state index in [1.807, 2.05) is 13.1 Å². The molecule has 3 heteroatoms. The average molecular weight is 332 g/mol. The summed E-state index contributed by atoms with van der Waals surface area (Å²) in [4.78, 5) is 0. The van der Waals surface area contributed by atoms with E-state index < -0.39 is 0 Å². The van der Waals surface area contributed by atoms with E-state index in [1.54, 1.807) is 23.3 Å². The number of halogens is 2. The number of nitrogens with one attached hydrogen (secondary N) is 1. The monoisotopic (exact) mass is 331 g/mol. The molecule has 1 fully saturated rings. The highest BCUT2D eigenvalue weighted by molar-refractivity contribution is 5.87. The molecule has 4 rings (SSSR count). The average Bonchev–Trinajstić information content (AvgIpc) is 2.89. The maximum Gasteiger partial charge on any atom is 0.123 e. The van der Waals surface area contributed by atoms with Gasteiger partial charge in [0.25, 0.3) is 0 Å². The first-order valence-electron chi connectivity index (χ1n) is 8.31. The summed E-state index contributed by atoms with van der Waals surface area (Å²) in [6.45, 7) is 0.990. The fourth-order valence-electron chi connectivity index (χ4n) is 4.47. The number of benzene rings is 2. The molecule has 0 amide bonds. The maximum absolute atomic E-state index is 13.4. The Balaban J connectivity index is 0.00000156. The van der Waals surface area contributed by atoms with Crippen molar-refractivity contribution in [3.63, 3.8) is 0 Å². The first-order chi connectivity index (χ1) is 10.7. The Morgan fingerprint density at radius 1 is 1.09 bits per heavy atom. The summed E-state index contributed by atoms with van der Waals surface area (Å²) in [5.41, 5.74) is 4.49. The van der Waals surface area contributed by atoms with Gasteiger partial charge < -0.3 is 5.32 Å². The second-order valence-electron chi connectivity index (χ2n) is 6.83. The first kappa shape index (κ1) is 16.5. The van der Waals surface area contributed by atoms with Crippen molar-refractivity contribution in [2.24, 2.45) is 11.8 Å². The van der Waals surface area contributed by atoms with Gasteiger partial charge in [0.2, 0.25) is 0 Å². The van der Waals surface area contributed by atoms with E-state index in [9.17, 15) is 4.39 Å². The van der Waals surface area contributed by atoms with Gasteiger partial charge in [-0.3, -0.25) is 0 Å². The van der Waals surface area contributed by atoms with E-state index in [4.69, 9.17) is 0 Å². The van der Waals surface area contributed by atoms with Crippen LogP contribution in [0.3, 0.4) is 0 Å². The predicted molar refractivity (Wildman–Crippen MR) is 97.4 cm³/mol. The lowest BCUT2D eigenvalue weighted by atomic mass is 9.79. The lowest BCUT2D eigenvalue weighted by molar-refractivity contribution is 0.502. The van der Waals surface area contributed by atoms with Crippen molar-refractivity contribution in [3.05, 3.63) is 53.4 Å². The Hall–Kier alpha value is -1.38. The minimum Gasteiger partial charge on any atom is -0.316 e. The summed E-state index contributed by atoms with van der Waals surface area (Å²) in [5, 5.41) is 5.46. The zero-order chi connectivity index (χ0) is 15.1. The van der Waals surface area contributed by atoms with E-state index >= 15 is 0 Å².